The highest BCUT2D eigenvalue weighted by atomic mass is 35.5. The van der Waals surface area contributed by atoms with Crippen molar-refractivity contribution in [3.63, 3.8) is 0 Å². The fourth-order valence-electron chi connectivity index (χ4n) is 2.27. The Kier molecular flexibility index (Phi) is 4.92. The minimum Gasteiger partial charge on any atom is -0.491 e. The van der Waals surface area contributed by atoms with E-state index in [0.29, 0.717) is 5.02 Å². The number of halogens is 1. The van der Waals surface area contributed by atoms with Crippen LogP contribution in [0.15, 0.2) is 36.4 Å². The normalized spacial score (nSPS) is 12.5. The lowest BCUT2D eigenvalue weighted by Gasteiger charge is -2.18. The summed E-state index contributed by atoms with van der Waals surface area (Å²) in [6, 6.07) is 11.7. The van der Waals surface area contributed by atoms with Crippen molar-refractivity contribution in [2.45, 2.75) is 39.8 Å². The summed E-state index contributed by atoms with van der Waals surface area (Å²) in [5.74, 6) is 0.831. The molecule has 0 aliphatic rings. The molecule has 0 bridgehead atoms. The SMILES string of the molecule is Cc1cc(Cl)c(C(N)c2cccc(OC(C)C)c2)cc1C. The summed E-state index contributed by atoms with van der Waals surface area (Å²) in [6.07, 6.45) is 0.140. The largest absolute Gasteiger partial charge is 0.491 e. The molecule has 0 fully saturated rings. The first kappa shape index (κ1) is 15.9. The number of aryl methyl sites for hydroxylation is 2. The molecule has 1 atom stereocenters. The summed E-state index contributed by atoms with van der Waals surface area (Å²) in [5.41, 5.74) is 10.7. The van der Waals surface area contributed by atoms with Gasteiger partial charge >= 0.3 is 0 Å². The van der Waals surface area contributed by atoms with Crippen molar-refractivity contribution >= 4 is 11.6 Å². The second-order valence-electron chi connectivity index (χ2n) is 5.67. The Balaban J connectivity index is 2.36. The van der Waals surface area contributed by atoms with Crippen molar-refractivity contribution in [2.24, 2.45) is 5.73 Å². The zero-order valence-corrected chi connectivity index (χ0v) is 13.7. The van der Waals surface area contributed by atoms with E-state index in [0.717, 1.165) is 16.9 Å². The highest BCUT2D eigenvalue weighted by Crippen LogP contribution is 2.30. The molecule has 2 nitrogen and oxygen atoms in total. The molecule has 2 aromatic carbocycles. The first-order valence-corrected chi connectivity index (χ1v) is 7.55. The molecule has 0 spiro atoms. The van der Waals surface area contributed by atoms with Crippen LogP contribution in [0.1, 0.15) is 42.1 Å². The lowest BCUT2D eigenvalue weighted by molar-refractivity contribution is 0.242. The fourth-order valence-corrected chi connectivity index (χ4v) is 2.61. The maximum atomic E-state index is 6.40. The summed E-state index contributed by atoms with van der Waals surface area (Å²) in [6.45, 7) is 8.13. The van der Waals surface area contributed by atoms with Crippen LogP contribution in [0.4, 0.5) is 0 Å². The van der Waals surface area contributed by atoms with E-state index in [2.05, 4.69) is 13.0 Å². The summed E-state index contributed by atoms with van der Waals surface area (Å²) >= 11 is 6.36. The van der Waals surface area contributed by atoms with Crippen molar-refractivity contribution in [3.8, 4) is 5.75 Å². The van der Waals surface area contributed by atoms with Gasteiger partial charge in [-0.25, -0.2) is 0 Å². The number of hydrogen-bond donors (Lipinski definition) is 1. The Bertz CT molecular complexity index is 637. The van der Waals surface area contributed by atoms with Crippen LogP contribution in [-0.2, 0) is 0 Å². The molecule has 3 heteroatoms. The molecule has 0 aliphatic carbocycles. The number of nitrogens with two attached hydrogens (primary N) is 1. The summed E-state index contributed by atoms with van der Waals surface area (Å²) < 4.78 is 5.73. The molecule has 1 unspecified atom stereocenters. The molecule has 2 rings (SSSR count). The van der Waals surface area contributed by atoms with Gasteiger partial charge in [-0.15, -0.1) is 0 Å². The lowest BCUT2D eigenvalue weighted by atomic mass is 9.96. The van der Waals surface area contributed by atoms with Gasteiger partial charge < -0.3 is 10.5 Å². The molecule has 0 radical (unpaired) electrons. The monoisotopic (exact) mass is 303 g/mol. The van der Waals surface area contributed by atoms with Crippen molar-refractivity contribution < 1.29 is 4.74 Å². The highest BCUT2D eigenvalue weighted by molar-refractivity contribution is 6.31. The van der Waals surface area contributed by atoms with E-state index in [-0.39, 0.29) is 12.1 Å². The smallest absolute Gasteiger partial charge is 0.120 e. The van der Waals surface area contributed by atoms with E-state index >= 15 is 0 Å². The molecule has 0 saturated carbocycles. The van der Waals surface area contributed by atoms with Crippen molar-refractivity contribution in [1.82, 2.24) is 0 Å². The average Bonchev–Trinajstić information content (AvgIpc) is 2.41. The Morgan fingerprint density at radius 2 is 1.71 bits per heavy atom. The molecule has 0 heterocycles. The van der Waals surface area contributed by atoms with Crippen LogP contribution in [-0.4, -0.2) is 6.10 Å². The summed E-state index contributed by atoms with van der Waals surface area (Å²) in [4.78, 5) is 0. The minimum atomic E-state index is -0.257. The predicted molar refractivity (Wildman–Crippen MR) is 89.2 cm³/mol. The quantitative estimate of drug-likeness (QED) is 0.881. The molecular formula is C18H22ClNO. The molecule has 0 aromatic heterocycles. The second-order valence-corrected chi connectivity index (χ2v) is 6.08. The Morgan fingerprint density at radius 1 is 1.05 bits per heavy atom. The van der Waals surface area contributed by atoms with Crippen molar-refractivity contribution in [2.75, 3.05) is 0 Å². The Morgan fingerprint density at radius 3 is 2.38 bits per heavy atom. The zero-order chi connectivity index (χ0) is 15.6. The lowest BCUT2D eigenvalue weighted by Crippen LogP contribution is -2.13. The van der Waals surface area contributed by atoms with Gasteiger partial charge in [0.25, 0.3) is 0 Å². The molecule has 112 valence electrons. The van der Waals surface area contributed by atoms with Crippen LogP contribution in [0.3, 0.4) is 0 Å². The molecule has 0 amide bonds. The molecular weight excluding hydrogens is 282 g/mol. The van der Waals surface area contributed by atoms with Gasteiger partial charge in [0.1, 0.15) is 5.75 Å². The van der Waals surface area contributed by atoms with Gasteiger partial charge in [0.15, 0.2) is 0 Å². The van der Waals surface area contributed by atoms with E-state index in [4.69, 9.17) is 22.1 Å². The fraction of sp³-hybridized carbons (Fsp3) is 0.333. The summed E-state index contributed by atoms with van der Waals surface area (Å²) in [5, 5.41) is 0.709. The standard InChI is InChI=1S/C18H22ClNO/c1-11(2)21-15-7-5-6-14(10-15)18(20)16-8-12(3)13(4)9-17(16)19/h5-11,18H,20H2,1-4H3. The first-order valence-electron chi connectivity index (χ1n) is 7.17. The molecule has 2 N–H and O–H groups in total. The molecule has 0 aliphatic heterocycles. The highest BCUT2D eigenvalue weighted by Gasteiger charge is 2.14. The third-order valence-corrected chi connectivity index (χ3v) is 3.86. The van der Waals surface area contributed by atoms with Crippen LogP contribution in [0.2, 0.25) is 5.02 Å². The average molecular weight is 304 g/mol. The van der Waals surface area contributed by atoms with Crippen molar-refractivity contribution in [3.05, 3.63) is 63.7 Å². The van der Waals surface area contributed by atoms with Gasteiger partial charge in [0, 0.05) is 5.02 Å². The van der Waals surface area contributed by atoms with Crippen molar-refractivity contribution in [1.29, 1.82) is 0 Å². The van der Waals surface area contributed by atoms with Gasteiger partial charge in [-0.05, 0) is 68.1 Å². The number of benzene rings is 2. The van der Waals surface area contributed by atoms with Crippen LogP contribution >= 0.6 is 11.6 Å². The third-order valence-electron chi connectivity index (χ3n) is 3.54. The van der Waals surface area contributed by atoms with Crippen LogP contribution in [0, 0.1) is 13.8 Å². The van der Waals surface area contributed by atoms with Gasteiger partial charge in [-0.3, -0.25) is 0 Å². The summed E-state index contributed by atoms with van der Waals surface area (Å²) in [7, 11) is 0. The van der Waals surface area contributed by atoms with Gasteiger partial charge in [-0.2, -0.15) is 0 Å². The van der Waals surface area contributed by atoms with E-state index in [9.17, 15) is 0 Å². The first-order chi connectivity index (χ1) is 9.88. The van der Waals surface area contributed by atoms with E-state index in [1.165, 1.54) is 11.1 Å². The van der Waals surface area contributed by atoms with Gasteiger partial charge in [0.2, 0.25) is 0 Å². The predicted octanol–water partition coefficient (Wildman–Crippen LogP) is 4.79. The van der Waals surface area contributed by atoms with E-state index in [1.54, 1.807) is 0 Å². The second kappa shape index (κ2) is 6.50. The van der Waals surface area contributed by atoms with Gasteiger partial charge in [0.05, 0.1) is 12.1 Å². The van der Waals surface area contributed by atoms with E-state index in [1.807, 2.05) is 51.1 Å². The molecule has 21 heavy (non-hydrogen) atoms. The maximum absolute atomic E-state index is 6.40. The third kappa shape index (κ3) is 3.78. The molecule has 0 saturated heterocycles. The van der Waals surface area contributed by atoms with E-state index < -0.39 is 0 Å². The van der Waals surface area contributed by atoms with Crippen LogP contribution < -0.4 is 10.5 Å². The number of hydrogen-bond acceptors (Lipinski definition) is 2. The van der Waals surface area contributed by atoms with Crippen LogP contribution in [0.25, 0.3) is 0 Å². The molecule has 2 aromatic rings. The topological polar surface area (TPSA) is 35.2 Å². The van der Waals surface area contributed by atoms with Gasteiger partial charge in [-0.1, -0.05) is 29.8 Å². The zero-order valence-electron chi connectivity index (χ0n) is 13.0. The van der Waals surface area contributed by atoms with Crippen LogP contribution in [0.5, 0.6) is 5.75 Å². The Labute approximate surface area is 131 Å². The maximum Gasteiger partial charge on any atom is 0.120 e. The number of rotatable bonds is 4. The Hall–Kier alpha value is -1.51. The number of ether oxygens (including phenoxy) is 1. The minimum absolute atomic E-state index is 0.140.